The number of hydrogen-bond acceptors (Lipinski definition) is 6. The normalized spacial score (nSPS) is 28.7. The van der Waals surface area contributed by atoms with Gasteiger partial charge in [0.05, 0.1) is 0 Å². The maximum absolute atomic E-state index is 14.1. The molecule has 0 N–H and O–H groups in total. The fourth-order valence-electron chi connectivity index (χ4n) is 5.60. The molecular weight excluding hydrogens is 494 g/mol. The van der Waals surface area contributed by atoms with Gasteiger partial charge in [-0.05, 0) is 74.2 Å². The molecule has 2 aliphatic carbocycles. The maximum atomic E-state index is 14.1. The quantitative estimate of drug-likeness (QED) is 0.364. The summed E-state index contributed by atoms with van der Waals surface area (Å²) < 4.78 is 52.5. The summed E-state index contributed by atoms with van der Waals surface area (Å²) in [6.07, 6.45) is 11.3. The van der Waals surface area contributed by atoms with E-state index in [-0.39, 0.29) is 36.7 Å². The molecule has 2 saturated carbocycles. The molecule has 0 atom stereocenters. The lowest BCUT2D eigenvalue weighted by Gasteiger charge is -2.31. The summed E-state index contributed by atoms with van der Waals surface area (Å²) in [4.78, 5) is 0. The Morgan fingerprint density at radius 1 is 0.444 bits per heavy atom. The van der Waals surface area contributed by atoms with Crippen LogP contribution < -0.4 is 18.9 Å². The van der Waals surface area contributed by atoms with Gasteiger partial charge in [-0.3, -0.25) is 0 Å². The van der Waals surface area contributed by atoms with Gasteiger partial charge in [0.15, 0.2) is 14.3 Å². The van der Waals surface area contributed by atoms with E-state index in [1.807, 2.05) is 48.5 Å². The highest BCUT2D eigenvalue weighted by Crippen LogP contribution is 2.57. The molecule has 4 bridgehead atoms. The number of rotatable bonds is 2. The predicted molar refractivity (Wildman–Crippen MR) is 144 cm³/mol. The monoisotopic (exact) mass is 532 g/mol. The van der Waals surface area contributed by atoms with E-state index in [0.29, 0.717) is 23.0 Å². The van der Waals surface area contributed by atoms with Crippen molar-refractivity contribution in [1.29, 1.82) is 0 Å². The van der Waals surface area contributed by atoms with Crippen molar-refractivity contribution in [2.45, 2.75) is 75.5 Å². The van der Waals surface area contributed by atoms with Crippen LogP contribution in [0.2, 0.25) is 0 Å². The summed E-state index contributed by atoms with van der Waals surface area (Å²) in [6.45, 7) is 0. The minimum Gasteiger partial charge on any atom is -0.486 e. The topological polar surface area (TPSA) is 71.1 Å². The molecule has 0 aromatic heterocycles. The Morgan fingerprint density at radius 3 is 0.944 bits per heavy atom. The fraction of sp³-hybridized carbons (Fsp3) is 0.571. The summed E-state index contributed by atoms with van der Waals surface area (Å²) in [5, 5.41) is 0. The van der Waals surface area contributed by atoms with Gasteiger partial charge in [-0.2, -0.15) is 0 Å². The number of benzene rings is 2. The van der Waals surface area contributed by atoms with Crippen LogP contribution in [0.4, 0.5) is 0 Å². The van der Waals surface area contributed by atoms with Crippen molar-refractivity contribution in [3.8, 4) is 23.0 Å². The standard InChI is InChI=1S/C28H38O6P2/c29-35(27-7-3-1-4-8-27)19-31-23-11-15-25(16-12-23)33-21-36(30,28-9-5-2-6-10-28)22-34-26-17-13-24(14-18-26)32-20-35/h11-18,27-28H,1-10,19-22H2. The van der Waals surface area contributed by atoms with Crippen molar-refractivity contribution in [3.63, 3.8) is 0 Å². The van der Waals surface area contributed by atoms with Crippen LogP contribution in [0.1, 0.15) is 64.2 Å². The first-order chi connectivity index (χ1) is 17.5. The van der Waals surface area contributed by atoms with Crippen molar-refractivity contribution in [2.24, 2.45) is 0 Å². The van der Waals surface area contributed by atoms with E-state index in [9.17, 15) is 9.13 Å². The van der Waals surface area contributed by atoms with Crippen LogP contribution in [0.3, 0.4) is 0 Å². The molecule has 0 amide bonds. The molecule has 6 nitrogen and oxygen atoms in total. The molecule has 0 radical (unpaired) electrons. The third kappa shape index (κ3) is 6.32. The molecule has 0 saturated heterocycles. The van der Waals surface area contributed by atoms with Crippen LogP contribution in [0, 0.1) is 0 Å². The van der Waals surface area contributed by atoms with Gasteiger partial charge in [0.1, 0.15) is 48.4 Å². The summed E-state index contributed by atoms with van der Waals surface area (Å²) in [5.74, 6) is 2.62. The van der Waals surface area contributed by atoms with Crippen LogP contribution in [0.15, 0.2) is 48.5 Å². The van der Waals surface area contributed by atoms with Crippen LogP contribution >= 0.6 is 14.3 Å². The van der Waals surface area contributed by atoms with Crippen molar-refractivity contribution in [2.75, 3.05) is 25.4 Å². The van der Waals surface area contributed by atoms with E-state index in [1.165, 1.54) is 12.8 Å². The first-order valence-electron chi connectivity index (χ1n) is 13.4. The second-order valence-corrected chi connectivity index (χ2v) is 16.8. The van der Waals surface area contributed by atoms with Crippen LogP contribution in [0.5, 0.6) is 23.0 Å². The van der Waals surface area contributed by atoms with Gasteiger partial charge in [0, 0.05) is 11.3 Å². The average Bonchev–Trinajstić information content (AvgIpc) is 2.94. The smallest absolute Gasteiger partial charge is 0.161 e. The van der Waals surface area contributed by atoms with E-state index in [1.54, 1.807) is 0 Å². The van der Waals surface area contributed by atoms with E-state index >= 15 is 0 Å². The van der Waals surface area contributed by atoms with Gasteiger partial charge >= 0.3 is 0 Å². The van der Waals surface area contributed by atoms with Crippen LogP contribution in [0.25, 0.3) is 0 Å². The molecule has 2 aromatic carbocycles. The lowest BCUT2D eigenvalue weighted by atomic mass is 10.0. The lowest BCUT2D eigenvalue weighted by molar-refractivity contribution is 0.327. The largest absolute Gasteiger partial charge is 0.486 e. The third-order valence-electron chi connectivity index (χ3n) is 7.93. The highest BCUT2D eigenvalue weighted by molar-refractivity contribution is 7.64. The lowest BCUT2D eigenvalue weighted by Crippen LogP contribution is -2.21. The second-order valence-electron chi connectivity index (χ2n) is 10.5. The summed E-state index contributed by atoms with van der Waals surface area (Å²) >= 11 is 0. The molecule has 36 heavy (non-hydrogen) atoms. The minimum atomic E-state index is -2.73. The minimum absolute atomic E-state index is 0.135. The van der Waals surface area contributed by atoms with E-state index in [2.05, 4.69) is 0 Å². The maximum Gasteiger partial charge on any atom is 0.161 e. The Hall–Kier alpha value is -1.90. The van der Waals surface area contributed by atoms with Crippen molar-refractivity contribution in [3.05, 3.63) is 48.5 Å². The van der Waals surface area contributed by atoms with Gasteiger partial charge < -0.3 is 28.1 Å². The average molecular weight is 533 g/mol. The zero-order chi connectivity index (χ0) is 24.8. The van der Waals surface area contributed by atoms with Crippen molar-refractivity contribution >= 4 is 14.3 Å². The van der Waals surface area contributed by atoms with Gasteiger partial charge in [0.2, 0.25) is 0 Å². The Kier molecular flexibility index (Phi) is 8.33. The molecule has 8 heteroatoms. The Bertz CT molecular complexity index is 923. The van der Waals surface area contributed by atoms with E-state index in [4.69, 9.17) is 18.9 Å². The van der Waals surface area contributed by atoms with Gasteiger partial charge in [-0.15, -0.1) is 0 Å². The predicted octanol–water partition coefficient (Wildman–Crippen LogP) is 8.14. The third-order valence-corrected chi connectivity index (χ3v) is 13.9. The molecule has 6 aliphatic rings. The molecule has 2 aromatic rings. The Labute approximate surface area is 214 Å². The Balaban J connectivity index is 1.39. The highest BCUT2D eigenvalue weighted by Gasteiger charge is 2.37. The molecule has 4 aliphatic heterocycles. The van der Waals surface area contributed by atoms with Crippen LogP contribution in [-0.4, -0.2) is 36.7 Å². The highest BCUT2D eigenvalue weighted by atomic mass is 31.2. The first kappa shape index (κ1) is 25.7. The van der Waals surface area contributed by atoms with Gasteiger partial charge in [0.25, 0.3) is 0 Å². The first-order valence-corrected chi connectivity index (χ1v) is 17.7. The zero-order valence-corrected chi connectivity index (χ0v) is 22.8. The number of ether oxygens (including phenoxy) is 4. The fourth-order valence-corrected chi connectivity index (χ4v) is 10.7. The second kappa shape index (κ2) is 11.7. The summed E-state index contributed by atoms with van der Waals surface area (Å²) in [7, 11) is -5.47. The summed E-state index contributed by atoms with van der Waals surface area (Å²) in [6, 6.07) is 14.7. The summed E-state index contributed by atoms with van der Waals surface area (Å²) in [5.41, 5.74) is 0.270. The van der Waals surface area contributed by atoms with Gasteiger partial charge in [-0.25, -0.2) is 0 Å². The molecule has 2 fully saturated rings. The SMILES string of the molecule is O=P1(C2CCCCC2)COc2ccc(cc2)OCP(=O)(C2CCCCC2)COc2ccc(cc2)OC1. The number of hydrogen-bond donors (Lipinski definition) is 0. The molecule has 196 valence electrons. The van der Waals surface area contributed by atoms with Gasteiger partial charge in [-0.1, -0.05) is 38.5 Å². The van der Waals surface area contributed by atoms with E-state index in [0.717, 1.165) is 51.4 Å². The van der Waals surface area contributed by atoms with E-state index < -0.39 is 14.3 Å². The molecule has 0 unspecified atom stereocenters. The Morgan fingerprint density at radius 2 is 0.694 bits per heavy atom. The molecule has 4 heterocycles. The molecule has 8 rings (SSSR count). The zero-order valence-electron chi connectivity index (χ0n) is 21.0. The molecular formula is C28H38O6P2. The van der Waals surface area contributed by atoms with Crippen molar-refractivity contribution in [1.82, 2.24) is 0 Å². The van der Waals surface area contributed by atoms with Crippen LogP contribution in [-0.2, 0) is 9.13 Å². The molecule has 0 spiro atoms. The van der Waals surface area contributed by atoms with Crippen molar-refractivity contribution < 1.29 is 28.1 Å².